The minimum absolute atomic E-state index is 0.0159. The molecule has 104 valence electrons. The lowest BCUT2D eigenvalue weighted by Crippen LogP contribution is -2.57. The summed E-state index contributed by atoms with van der Waals surface area (Å²) in [5, 5.41) is 0. The molecule has 2 rings (SSSR count). The predicted octanol–water partition coefficient (Wildman–Crippen LogP) is 1.36. The molecule has 0 aliphatic carbocycles. The quantitative estimate of drug-likeness (QED) is 0.746. The molecule has 2 saturated heterocycles. The van der Waals surface area contributed by atoms with Gasteiger partial charge in [-0.05, 0) is 19.4 Å². The first-order chi connectivity index (χ1) is 8.56. The molecular weight excluding hydrogens is 228 g/mol. The molecule has 0 bridgehead atoms. The minimum atomic E-state index is 0.0159. The summed E-state index contributed by atoms with van der Waals surface area (Å²) in [5.41, 5.74) is 0.0159. The van der Waals surface area contributed by atoms with Crippen molar-refractivity contribution in [1.29, 1.82) is 0 Å². The molecule has 2 aliphatic rings. The molecule has 1 amide bonds. The molecule has 0 aromatic rings. The molecule has 1 spiro atoms. The first kappa shape index (κ1) is 13.8. The Labute approximate surface area is 110 Å². The van der Waals surface area contributed by atoms with E-state index in [0.717, 1.165) is 52.2 Å². The van der Waals surface area contributed by atoms with E-state index < -0.39 is 0 Å². The zero-order chi connectivity index (χ0) is 13.2. The van der Waals surface area contributed by atoms with Gasteiger partial charge in [-0.3, -0.25) is 9.69 Å². The third-order valence-corrected chi connectivity index (χ3v) is 4.25. The average molecular weight is 254 g/mol. The van der Waals surface area contributed by atoms with Crippen molar-refractivity contribution < 1.29 is 9.53 Å². The number of morpholine rings is 1. The van der Waals surface area contributed by atoms with Crippen molar-refractivity contribution in [2.45, 2.75) is 39.2 Å². The van der Waals surface area contributed by atoms with Gasteiger partial charge in [-0.15, -0.1) is 0 Å². The number of likely N-dealkylation sites (N-methyl/N-ethyl adjacent to an activating group) is 1. The Balaban J connectivity index is 1.91. The molecule has 0 unspecified atom stereocenters. The van der Waals surface area contributed by atoms with Gasteiger partial charge < -0.3 is 9.64 Å². The van der Waals surface area contributed by atoms with Gasteiger partial charge in [-0.25, -0.2) is 0 Å². The smallest absolute Gasteiger partial charge is 0.225 e. The summed E-state index contributed by atoms with van der Waals surface area (Å²) in [5.74, 6) is 0.395. The van der Waals surface area contributed by atoms with Crippen molar-refractivity contribution in [3.63, 3.8) is 0 Å². The van der Waals surface area contributed by atoms with E-state index in [1.165, 1.54) is 0 Å². The zero-order valence-corrected chi connectivity index (χ0v) is 11.9. The highest BCUT2D eigenvalue weighted by molar-refractivity contribution is 5.78. The topological polar surface area (TPSA) is 32.8 Å². The largest absolute Gasteiger partial charge is 0.372 e. The molecule has 2 fully saturated rings. The number of carbonyl (C=O) groups excluding carboxylic acids is 1. The number of nitrogens with zero attached hydrogens (tertiary/aromatic N) is 2. The molecule has 4 nitrogen and oxygen atoms in total. The number of ether oxygens (including phenoxy) is 1. The summed E-state index contributed by atoms with van der Waals surface area (Å²) in [4.78, 5) is 16.4. The van der Waals surface area contributed by atoms with Crippen molar-refractivity contribution in [2.24, 2.45) is 5.92 Å². The highest BCUT2D eigenvalue weighted by Crippen LogP contribution is 2.30. The number of carbonyl (C=O) groups is 1. The van der Waals surface area contributed by atoms with Crippen molar-refractivity contribution in [2.75, 3.05) is 39.3 Å². The van der Waals surface area contributed by atoms with Crippen LogP contribution in [0.2, 0.25) is 0 Å². The van der Waals surface area contributed by atoms with Crippen molar-refractivity contribution in [3.8, 4) is 0 Å². The Morgan fingerprint density at radius 2 is 1.94 bits per heavy atom. The maximum atomic E-state index is 12.0. The van der Waals surface area contributed by atoms with E-state index in [2.05, 4.69) is 11.8 Å². The van der Waals surface area contributed by atoms with Crippen LogP contribution in [0, 0.1) is 5.92 Å². The molecule has 2 aliphatic heterocycles. The lowest BCUT2D eigenvalue weighted by molar-refractivity contribution is -0.152. The molecule has 0 aromatic carbocycles. The maximum absolute atomic E-state index is 12.0. The first-order valence-electron chi connectivity index (χ1n) is 7.21. The predicted molar refractivity (Wildman–Crippen MR) is 71.4 cm³/mol. The third-order valence-electron chi connectivity index (χ3n) is 4.25. The van der Waals surface area contributed by atoms with Crippen LogP contribution in [-0.2, 0) is 9.53 Å². The third kappa shape index (κ3) is 2.86. The molecule has 0 saturated carbocycles. The molecule has 0 N–H and O–H groups in total. The fraction of sp³-hybridized carbons (Fsp3) is 0.929. The summed E-state index contributed by atoms with van der Waals surface area (Å²) >= 11 is 0. The van der Waals surface area contributed by atoms with Crippen molar-refractivity contribution >= 4 is 5.91 Å². The monoisotopic (exact) mass is 254 g/mol. The van der Waals surface area contributed by atoms with Crippen LogP contribution in [0.15, 0.2) is 0 Å². The van der Waals surface area contributed by atoms with E-state index in [0.29, 0.717) is 0 Å². The summed E-state index contributed by atoms with van der Waals surface area (Å²) in [6.07, 6.45) is 1.98. The van der Waals surface area contributed by atoms with Gasteiger partial charge in [0.1, 0.15) is 0 Å². The van der Waals surface area contributed by atoms with Crippen LogP contribution in [0.3, 0.4) is 0 Å². The van der Waals surface area contributed by atoms with Crippen molar-refractivity contribution in [1.82, 2.24) is 9.80 Å². The van der Waals surface area contributed by atoms with Gasteiger partial charge in [-0.1, -0.05) is 20.8 Å². The first-order valence-corrected chi connectivity index (χ1v) is 7.21. The fourth-order valence-electron chi connectivity index (χ4n) is 3.00. The highest BCUT2D eigenvalue weighted by atomic mass is 16.5. The molecule has 18 heavy (non-hydrogen) atoms. The average Bonchev–Trinajstić information content (AvgIpc) is 2.39. The number of amides is 1. The Morgan fingerprint density at radius 3 is 2.50 bits per heavy atom. The van der Waals surface area contributed by atoms with Crippen LogP contribution in [0.25, 0.3) is 0 Å². The second-order valence-electron chi connectivity index (χ2n) is 5.88. The number of likely N-dealkylation sites (tertiary alicyclic amines) is 1. The summed E-state index contributed by atoms with van der Waals surface area (Å²) < 4.78 is 6.05. The molecular formula is C14H26N2O2. The van der Waals surface area contributed by atoms with Gasteiger partial charge in [-0.2, -0.15) is 0 Å². The Kier molecular flexibility index (Phi) is 4.28. The van der Waals surface area contributed by atoms with Crippen LogP contribution in [0.4, 0.5) is 0 Å². The zero-order valence-electron chi connectivity index (χ0n) is 11.9. The van der Waals surface area contributed by atoms with E-state index >= 15 is 0 Å². The minimum Gasteiger partial charge on any atom is -0.372 e. The molecule has 2 heterocycles. The number of hydrogen-bond acceptors (Lipinski definition) is 3. The molecule has 0 radical (unpaired) electrons. The SMILES string of the molecule is CCN1CCOC2(CCN(C(=O)C(C)C)CC2)C1. The standard InChI is InChI=1S/C14H26N2O2/c1-4-15-9-10-18-14(11-15)5-7-16(8-6-14)13(17)12(2)3/h12H,4-11H2,1-3H3. The van der Waals surface area contributed by atoms with Gasteiger partial charge in [0.15, 0.2) is 0 Å². The van der Waals surface area contributed by atoms with Crippen LogP contribution in [0.5, 0.6) is 0 Å². The number of rotatable bonds is 2. The van der Waals surface area contributed by atoms with Crippen LogP contribution in [0.1, 0.15) is 33.6 Å². The Morgan fingerprint density at radius 1 is 1.28 bits per heavy atom. The summed E-state index contributed by atoms with van der Waals surface area (Å²) in [6.45, 7) is 11.9. The Hall–Kier alpha value is -0.610. The van der Waals surface area contributed by atoms with Gasteiger partial charge in [0.2, 0.25) is 5.91 Å². The van der Waals surface area contributed by atoms with Crippen LogP contribution < -0.4 is 0 Å². The second kappa shape index (κ2) is 5.57. The summed E-state index contributed by atoms with van der Waals surface area (Å²) in [6, 6.07) is 0. The number of piperidine rings is 1. The molecule has 0 atom stereocenters. The van der Waals surface area contributed by atoms with E-state index in [1.54, 1.807) is 0 Å². The second-order valence-corrected chi connectivity index (χ2v) is 5.88. The fourth-order valence-corrected chi connectivity index (χ4v) is 3.00. The lowest BCUT2D eigenvalue weighted by Gasteiger charge is -2.47. The maximum Gasteiger partial charge on any atom is 0.225 e. The van der Waals surface area contributed by atoms with Gasteiger partial charge in [0.25, 0.3) is 0 Å². The lowest BCUT2D eigenvalue weighted by atomic mass is 9.89. The number of hydrogen-bond donors (Lipinski definition) is 0. The highest BCUT2D eigenvalue weighted by Gasteiger charge is 2.40. The van der Waals surface area contributed by atoms with Gasteiger partial charge in [0, 0.05) is 32.1 Å². The van der Waals surface area contributed by atoms with E-state index in [-0.39, 0.29) is 17.4 Å². The molecule has 0 aromatic heterocycles. The van der Waals surface area contributed by atoms with Crippen LogP contribution in [-0.4, -0.2) is 60.6 Å². The van der Waals surface area contributed by atoms with Crippen LogP contribution >= 0.6 is 0 Å². The van der Waals surface area contributed by atoms with Crippen molar-refractivity contribution in [3.05, 3.63) is 0 Å². The van der Waals surface area contributed by atoms with Gasteiger partial charge in [0.05, 0.1) is 12.2 Å². The normalized spacial score (nSPS) is 24.8. The van der Waals surface area contributed by atoms with E-state index in [1.807, 2.05) is 18.7 Å². The van der Waals surface area contributed by atoms with E-state index in [4.69, 9.17) is 4.74 Å². The Bertz CT molecular complexity index is 296. The molecule has 4 heteroatoms. The van der Waals surface area contributed by atoms with E-state index in [9.17, 15) is 4.79 Å². The van der Waals surface area contributed by atoms with Gasteiger partial charge >= 0.3 is 0 Å². The summed E-state index contributed by atoms with van der Waals surface area (Å²) in [7, 11) is 0.